The van der Waals surface area contributed by atoms with Crippen molar-refractivity contribution in [2.24, 2.45) is 0 Å². The van der Waals surface area contributed by atoms with Crippen LogP contribution in [-0.4, -0.2) is 32.6 Å². The lowest BCUT2D eigenvalue weighted by Gasteiger charge is -2.02. The summed E-state index contributed by atoms with van der Waals surface area (Å²) in [6, 6.07) is 18.8. The summed E-state index contributed by atoms with van der Waals surface area (Å²) < 4.78 is 0.618. The minimum Gasteiger partial charge on any atom is -0.295 e. The zero-order valence-electron chi connectivity index (χ0n) is 15.9. The predicted molar refractivity (Wildman–Crippen MR) is 122 cm³/mol. The van der Waals surface area contributed by atoms with Gasteiger partial charge >= 0.3 is 0 Å². The maximum absolute atomic E-state index is 12.8. The third-order valence-corrected chi connectivity index (χ3v) is 7.03. The van der Waals surface area contributed by atoms with Crippen LogP contribution in [0.15, 0.2) is 65.0 Å². The van der Waals surface area contributed by atoms with Gasteiger partial charge < -0.3 is 0 Å². The number of benzene rings is 2. The van der Waals surface area contributed by atoms with E-state index in [0.29, 0.717) is 20.7 Å². The van der Waals surface area contributed by atoms with Gasteiger partial charge in [0.05, 0.1) is 15.6 Å². The van der Waals surface area contributed by atoms with Crippen molar-refractivity contribution >= 4 is 51.3 Å². The standard InChI is InChI=1S/C21H16N4O2S3/c1-13-22-17(18(29-13)15-10-6-3-7-11-15)19(27)23-20-24-25-21(30-20)28-12-16(26)14-8-4-2-5-9-14/h2-11H,12H2,1H3,(H,23,24,27). The third-order valence-electron chi connectivity index (χ3n) is 4.03. The fourth-order valence-corrected chi connectivity index (χ4v) is 5.24. The number of rotatable bonds is 7. The summed E-state index contributed by atoms with van der Waals surface area (Å²) >= 11 is 4.01. The van der Waals surface area contributed by atoms with Gasteiger partial charge in [-0.1, -0.05) is 83.8 Å². The fraction of sp³-hybridized carbons (Fsp3) is 0.0952. The number of nitrogens with zero attached hydrogens (tertiary/aromatic N) is 3. The number of thiazole rings is 1. The average Bonchev–Trinajstić information content (AvgIpc) is 3.39. The Morgan fingerprint density at radius 2 is 1.67 bits per heavy atom. The van der Waals surface area contributed by atoms with E-state index in [9.17, 15) is 9.59 Å². The molecule has 1 amide bonds. The summed E-state index contributed by atoms with van der Waals surface area (Å²) in [6.45, 7) is 1.87. The van der Waals surface area contributed by atoms with Crippen LogP contribution in [0.1, 0.15) is 25.9 Å². The van der Waals surface area contributed by atoms with E-state index in [-0.39, 0.29) is 17.4 Å². The van der Waals surface area contributed by atoms with Crippen molar-refractivity contribution in [3.05, 3.63) is 76.9 Å². The van der Waals surface area contributed by atoms with Gasteiger partial charge in [-0.05, 0) is 12.5 Å². The average molecular weight is 453 g/mol. The molecule has 0 bridgehead atoms. The zero-order valence-corrected chi connectivity index (χ0v) is 18.3. The van der Waals surface area contributed by atoms with E-state index in [2.05, 4.69) is 20.5 Å². The monoisotopic (exact) mass is 452 g/mol. The molecule has 0 atom stereocenters. The van der Waals surface area contributed by atoms with Gasteiger partial charge in [0.2, 0.25) is 5.13 Å². The van der Waals surface area contributed by atoms with Crippen LogP contribution < -0.4 is 5.32 Å². The molecule has 0 fully saturated rings. The van der Waals surface area contributed by atoms with Gasteiger partial charge in [-0.3, -0.25) is 14.9 Å². The van der Waals surface area contributed by atoms with Crippen LogP contribution in [0, 0.1) is 6.92 Å². The number of ketones is 1. The molecule has 0 radical (unpaired) electrons. The molecule has 0 saturated heterocycles. The molecule has 0 aliphatic rings. The summed E-state index contributed by atoms with van der Waals surface area (Å²) in [4.78, 5) is 30.2. The topological polar surface area (TPSA) is 84.8 Å². The molecule has 4 rings (SSSR count). The summed E-state index contributed by atoms with van der Waals surface area (Å²) in [7, 11) is 0. The van der Waals surface area contributed by atoms with E-state index in [1.54, 1.807) is 12.1 Å². The highest BCUT2D eigenvalue weighted by Gasteiger charge is 2.20. The van der Waals surface area contributed by atoms with Gasteiger partial charge in [0, 0.05) is 5.56 Å². The molecule has 9 heteroatoms. The SMILES string of the molecule is Cc1nc(C(=O)Nc2nnc(SCC(=O)c3ccccc3)s2)c(-c2ccccc2)s1. The maximum Gasteiger partial charge on any atom is 0.277 e. The number of aryl methyl sites for hydroxylation is 1. The van der Waals surface area contributed by atoms with E-state index in [1.807, 2.05) is 55.5 Å². The second-order valence-corrected chi connectivity index (χ2v) is 9.58. The maximum atomic E-state index is 12.8. The van der Waals surface area contributed by atoms with Crippen LogP contribution in [0.5, 0.6) is 0 Å². The van der Waals surface area contributed by atoms with E-state index < -0.39 is 0 Å². The Kier molecular flexibility index (Phi) is 6.32. The minimum absolute atomic E-state index is 0.0202. The van der Waals surface area contributed by atoms with Crippen molar-refractivity contribution in [2.45, 2.75) is 11.3 Å². The van der Waals surface area contributed by atoms with Gasteiger partial charge in [-0.15, -0.1) is 21.5 Å². The van der Waals surface area contributed by atoms with Crippen LogP contribution in [0.2, 0.25) is 0 Å². The second kappa shape index (κ2) is 9.29. The Labute approximate surface area is 185 Å². The Morgan fingerprint density at radius 3 is 2.40 bits per heavy atom. The van der Waals surface area contributed by atoms with Crippen molar-refractivity contribution in [1.29, 1.82) is 0 Å². The molecule has 30 heavy (non-hydrogen) atoms. The molecule has 2 aromatic heterocycles. The fourth-order valence-electron chi connectivity index (χ4n) is 2.68. The van der Waals surface area contributed by atoms with Gasteiger partial charge in [0.15, 0.2) is 10.1 Å². The molecule has 1 N–H and O–H groups in total. The number of hydrogen-bond donors (Lipinski definition) is 1. The summed E-state index contributed by atoms with van der Waals surface area (Å²) in [5, 5.41) is 12.0. The molecular weight excluding hydrogens is 436 g/mol. The number of amides is 1. The van der Waals surface area contributed by atoms with Crippen molar-refractivity contribution in [1.82, 2.24) is 15.2 Å². The first-order valence-electron chi connectivity index (χ1n) is 8.99. The first-order chi connectivity index (χ1) is 14.6. The molecule has 2 heterocycles. The molecule has 4 aromatic rings. The van der Waals surface area contributed by atoms with Crippen LogP contribution in [-0.2, 0) is 0 Å². The molecule has 2 aromatic carbocycles. The van der Waals surface area contributed by atoms with Crippen molar-refractivity contribution in [3.63, 3.8) is 0 Å². The van der Waals surface area contributed by atoms with Crippen LogP contribution in [0.25, 0.3) is 10.4 Å². The number of thioether (sulfide) groups is 1. The summed E-state index contributed by atoms with van der Waals surface area (Å²) in [6.07, 6.45) is 0. The molecule has 0 aliphatic carbocycles. The van der Waals surface area contributed by atoms with Gasteiger partial charge in [-0.25, -0.2) is 4.98 Å². The number of Topliss-reactive ketones (excluding diaryl/α,β-unsaturated/α-hetero) is 1. The number of anilines is 1. The number of nitrogens with one attached hydrogen (secondary N) is 1. The highest BCUT2D eigenvalue weighted by molar-refractivity contribution is 8.01. The molecule has 0 saturated carbocycles. The van der Waals surface area contributed by atoms with E-state index in [1.165, 1.54) is 34.4 Å². The van der Waals surface area contributed by atoms with E-state index in [0.717, 1.165) is 15.4 Å². The lowest BCUT2D eigenvalue weighted by molar-refractivity contribution is 0.101. The smallest absolute Gasteiger partial charge is 0.277 e. The Bertz CT molecular complexity index is 1170. The number of carbonyl (C=O) groups is 2. The molecular formula is C21H16N4O2S3. The molecule has 0 unspecified atom stereocenters. The third kappa shape index (κ3) is 4.81. The van der Waals surface area contributed by atoms with Crippen molar-refractivity contribution in [3.8, 4) is 10.4 Å². The van der Waals surface area contributed by atoms with Crippen LogP contribution in [0.4, 0.5) is 5.13 Å². The largest absolute Gasteiger partial charge is 0.295 e. The van der Waals surface area contributed by atoms with Gasteiger partial charge in [-0.2, -0.15) is 0 Å². The predicted octanol–water partition coefficient (Wildman–Crippen LogP) is 5.20. The van der Waals surface area contributed by atoms with Crippen LogP contribution in [0.3, 0.4) is 0 Å². The molecule has 150 valence electrons. The quantitative estimate of drug-likeness (QED) is 0.236. The number of aromatic nitrogens is 3. The molecule has 0 spiro atoms. The van der Waals surface area contributed by atoms with E-state index in [4.69, 9.17) is 0 Å². The summed E-state index contributed by atoms with van der Waals surface area (Å²) in [5.74, 6) is -0.0474. The Hall–Kier alpha value is -2.88. The highest BCUT2D eigenvalue weighted by Crippen LogP contribution is 2.31. The normalized spacial score (nSPS) is 10.7. The Morgan fingerprint density at radius 1 is 0.967 bits per heavy atom. The summed E-state index contributed by atoms with van der Waals surface area (Å²) in [5.41, 5.74) is 1.98. The zero-order chi connectivity index (χ0) is 20.9. The minimum atomic E-state index is -0.328. The lowest BCUT2D eigenvalue weighted by Crippen LogP contribution is -2.13. The number of carbonyl (C=O) groups excluding carboxylic acids is 2. The van der Waals surface area contributed by atoms with Crippen LogP contribution >= 0.6 is 34.4 Å². The van der Waals surface area contributed by atoms with Crippen molar-refractivity contribution < 1.29 is 9.59 Å². The van der Waals surface area contributed by atoms with Gasteiger partial charge in [0.1, 0.15) is 5.69 Å². The first kappa shape index (κ1) is 20.4. The molecule has 6 nitrogen and oxygen atoms in total. The number of hydrogen-bond acceptors (Lipinski definition) is 8. The first-order valence-corrected chi connectivity index (χ1v) is 11.6. The van der Waals surface area contributed by atoms with E-state index >= 15 is 0 Å². The van der Waals surface area contributed by atoms with Gasteiger partial charge in [0.25, 0.3) is 5.91 Å². The molecule has 0 aliphatic heterocycles. The lowest BCUT2D eigenvalue weighted by atomic mass is 10.1. The highest BCUT2D eigenvalue weighted by atomic mass is 32.2. The van der Waals surface area contributed by atoms with Crippen molar-refractivity contribution in [2.75, 3.05) is 11.1 Å². The second-order valence-electron chi connectivity index (χ2n) is 6.18. The Balaban J connectivity index is 1.42.